The molecular formula is C15H19N5O. The molecule has 0 radical (unpaired) electrons. The quantitative estimate of drug-likeness (QED) is 0.889. The summed E-state index contributed by atoms with van der Waals surface area (Å²) in [5.74, 6) is 0. The molecule has 1 aliphatic rings. The van der Waals surface area contributed by atoms with Crippen molar-refractivity contribution in [1.29, 1.82) is 0 Å². The number of aromatic nitrogens is 2. The maximum absolute atomic E-state index is 11.6. The van der Waals surface area contributed by atoms with E-state index in [1.54, 1.807) is 0 Å². The average Bonchev–Trinajstić information content (AvgIpc) is 2.51. The highest BCUT2D eigenvalue weighted by Gasteiger charge is 2.13. The molecule has 2 N–H and O–H groups in total. The number of hydrogen-bond acceptors (Lipinski definition) is 5. The number of nitrogens with one attached hydrogen (secondary N) is 2. The Morgan fingerprint density at radius 2 is 1.86 bits per heavy atom. The second kappa shape index (κ2) is 5.97. The molecule has 0 saturated carbocycles. The van der Waals surface area contributed by atoms with E-state index in [9.17, 15) is 4.79 Å². The van der Waals surface area contributed by atoms with Gasteiger partial charge in [-0.05, 0) is 31.3 Å². The second-order valence-corrected chi connectivity index (χ2v) is 5.26. The first-order valence-corrected chi connectivity index (χ1v) is 7.05. The number of piperazine rings is 1. The molecule has 6 heteroatoms. The standard InChI is InChI=1S/C15H19N5O/c1-19-6-8-20(9-7-19)13-4-2-12(3-5-13)18-14-10-16-11-17-15(14)21/h2-5,10-11,18H,6-9H2,1H3,(H,16,17,21). The van der Waals surface area contributed by atoms with Crippen LogP contribution in [0, 0.1) is 0 Å². The maximum atomic E-state index is 11.6. The molecule has 110 valence electrons. The van der Waals surface area contributed by atoms with E-state index in [4.69, 9.17) is 0 Å². The minimum atomic E-state index is -0.173. The Hall–Kier alpha value is -2.34. The first-order chi connectivity index (χ1) is 10.2. The smallest absolute Gasteiger partial charge is 0.274 e. The van der Waals surface area contributed by atoms with Crippen molar-refractivity contribution in [1.82, 2.24) is 14.9 Å². The van der Waals surface area contributed by atoms with Crippen LogP contribution in [0.25, 0.3) is 0 Å². The minimum absolute atomic E-state index is 0.173. The summed E-state index contributed by atoms with van der Waals surface area (Å²) in [7, 11) is 2.15. The van der Waals surface area contributed by atoms with E-state index in [0.29, 0.717) is 5.69 Å². The van der Waals surface area contributed by atoms with Crippen LogP contribution in [0.5, 0.6) is 0 Å². The molecule has 0 amide bonds. The van der Waals surface area contributed by atoms with Gasteiger partial charge in [0.15, 0.2) is 0 Å². The van der Waals surface area contributed by atoms with Gasteiger partial charge in [0.05, 0.1) is 12.5 Å². The molecule has 6 nitrogen and oxygen atoms in total. The lowest BCUT2D eigenvalue weighted by Crippen LogP contribution is -2.44. The zero-order chi connectivity index (χ0) is 14.7. The van der Waals surface area contributed by atoms with Crippen LogP contribution in [0.15, 0.2) is 41.6 Å². The van der Waals surface area contributed by atoms with Gasteiger partial charge in [-0.3, -0.25) is 4.79 Å². The number of likely N-dealkylation sites (N-methyl/N-ethyl adjacent to an activating group) is 1. The van der Waals surface area contributed by atoms with E-state index in [1.807, 2.05) is 12.1 Å². The zero-order valence-electron chi connectivity index (χ0n) is 12.0. The van der Waals surface area contributed by atoms with Gasteiger partial charge in [0.1, 0.15) is 5.69 Å². The monoisotopic (exact) mass is 285 g/mol. The summed E-state index contributed by atoms with van der Waals surface area (Å²) >= 11 is 0. The minimum Gasteiger partial charge on any atom is -0.369 e. The van der Waals surface area contributed by atoms with Crippen molar-refractivity contribution in [3.8, 4) is 0 Å². The molecule has 0 aliphatic carbocycles. The molecule has 1 aromatic carbocycles. The van der Waals surface area contributed by atoms with Gasteiger partial charge in [-0.25, -0.2) is 4.98 Å². The fraction of sp³-hybridized carbons (Fsp3) is 0.333. The number of nitrogens with zero attached hydrogens (tertiary/aromatic N) is 3. The highest BCUT2D eigenvalue weighted by molar-refractivity contribution is 5.61. The van der Waals surface area contributed by atoms with Crippen molar-refractivity contribution in [3.05, 3.63) is 47.1 Å². The van der Waals surface area contributed by atoms with Crippen molar-refractivity contribution in [3.63, 3.8) is 0 Å². The first-order valence-electron chi connectivity index (χ1n) is 7.05. The number of rotatable bonds is 3. The molecule has 0 unspecified atom stereocenters. The van der Waals surface area contributed by atoms with Gasteiger partial charge in [0.2, 0.25) is 0 Å². The topological polar surface area (TPSA) is 64.3 Å². The van der Waals surface area contributed by atoms with E-state index in [2.05, 4.69) is 44.3 Å². The molecule has 21 heavy (non-hydrogen) atoms. The van der Waals surface area contributed by atoms with E-state index in [0.717, 1.165) is 31.9 Å². The predicted octanol–water partition coefficient (Wildman–Crippen LogP) is 1.27. The van der Waals surface area contributed by atoms with Crippen molar-refractivity contribution in [2.45, 2.75) is 0 Å². The molecule has 0 spiro atoms. The van der Waals surface area contributed by atoms with Crippen molar-refractivity contribution in [2.75, 3.05) is 43.4 Å². The highest BCUT2D eigenvalue weighted by Crippen LogP contribution is 2.20. The lowest BCUT2D eigenvalue weighted by Gasteiger charge is -2.34. The van der Waals surface area contributed by atoms with Crippen LogP contribution in [0.3, 0.4) is 0 Å². The van der Waals surface area contributed by atoms with Crippen LogP contribution in [-0.4, -0.2) is 48.1 Å². The fourth-order valence-corrected chi connectivity index (χ4v) is 2.41. The summed E-state index contributed by atoms with van der Waals surface area (Å²) in [6.07, 6.45) is 2.90. The molecule has 2 aromatic rings. The molecule has 3 rings (SSSR count). The number of anilines is 3. The van der Waals surface area contributed by atoms with E-state index in [1.165, 1.54) is 18.2 Å². The first kappa shape index (κ1) is 13.6. The Kier molecular flexibility index (Phi) is 3.87. The predicted molar refractivity (Wildman–Crippen MR) is 84.3 cm³/mol. The molecule has 0 bridgehead atoms. The summed E-state index contributed by atoms with van der Waals surface area (Å²) in [6, 6.07) is 8.14. The molecular weight excluding hydrogens is 266 g/mol. The zero-order valence-corrected chi connectivity index (χ0v) is 12.0. The summed E-state index contributed by atoms with van der Waals surface area (Å²) in [5.41, 5.74) is 2.37. The third kappa shape index (κ3) is 3.22. The van der Waals surface area contributed by atoms with Gasteiger partial charge in [-0.2, -0.15) is 0 Å². The fourth-order valence-electron chi connectivity index (χ4n) is 2.41. The van der Waals surface area contributed by atoms with Gasteiger partial charge >= 0.3 is 0 Å². The van der Waals surface area contributed by atoms with Crippen molar-refractivity contribution >= 4 is 17.1 Å². The Morgan fingerprint density at radius 3 is 2.52 bits per heavy atom. The van der Waals surface area contributed by atoms with Gasteiger partial charge in [0, 0.05) is 37.6 Å². The van der Waals surface area contributed by atoms with Crippen LogP contribution in [0.2, 0.25) is 0 Å². The second-order valence-electron chi connectivity index (χ2n) is 5.26. The van der Waals surface area contributed by atoms with Crippen molar-refractivity contribution < 1.29 is 0 Å². The molecule has 1 aliphatic heterocycles. The largest absolute Gasteiger partial charge is 0.369 e. The van der Waals surface area contributed by atoms with Crippen LogP contribution in [-0.2, 0) is 0 Å². The normalized spacial score (nSPS) is 16.0. The maximum Gasteiger partial charge on any atom is 0.274 e. The van der Waals surface area contributed by atoms with Crippen LogP contribution >= 0.6 is 0 Å². The van der Waals surface area contributed by atoms with Gasteiger partial charge in [-0.15, -0.1) is 0 Å². The van der Waals surface area contributed by atoms with Crippen molar-refractivity contribution in [2.24, 2.45) is 0 Å². The Balaban J connectivity index is 1.70. The number of benzene rings is 1. The number of H-pyrrole nitrogens is 1. The third-order valence-corrected chi connectivity index (χ3v) is 3.73. The van der Waals surface area contributed by atoms with Crippen LogP contribution < -0.4 is 15.8 Å². The summed E-state index contributed by atoms with van der Waals surface area (Å²) in [4.78, 5) is 22.8. The Bertz CT molecular complexity index is 644. The summed E-state index contributed by atoms with van der Waals surface area (Å²) in [5, 5.41) is 3.08. The number of aromatic amines is 1. The SMILES string of the molecule is CN1CCN(c2ccc(Nc3cnc[nH]c3=O)cc2)CC1. The highest BCUT2D eigenvalue weighted by atomic mass is 16.1. The Labute approximate surface area is 123 Å². The summed E-state index contributed by atoms with van der Waals surface area (Å²) in [6.45, 7) is 4.27. The van der Waals surface area contributed by atoms with E-state index < -0.39 is 0 Å². The Morgan fingerprint density at radius 1 is 1.14 bits per heavy atom. The molecule has 1 saturated heterocycles. The van der Waals surface area contributed by atoms with Gasteiger partial charge in [-0.1, -0.05) is 0 Å². The molecule has 1 aromatic heterocycles. The summed E-state index contributed by atoms with van der Waals surface area (Å²) < 4.78 is 0. The molecule has 2 heterocycles. The van der Waals surface area contributed by atoms with Gasteiger partial charge in [0.25, 0.3) is 5.56 Å². The number of hydrogen-bond donors (Lipinski definition) is 2. The van der Waals surface area contributed by atoms with Gasteiger partial charge < -0.3 is 20.1 Å². The van der Waals surface area contributed by atoms with Crippen LogP contribution in [0.1, 0.15) is 0 Å². The lowest BCUT2D eigenvalue weighted by molar-refractivity contribution is 0.313. The molecule has 0 atom stereocenters. The van der Waals surface area contributed by atoms with E-state index in [-0.39, 0.29) is 5.56 Å². The van der Waals surface area contributed by atoms with E-state index >= 15 is 0 Å². The third-order valence-electron chi connectivity index (χ3n) is 3.73. The lowest BCUT2D eigenvalue weighted by atomic mass is 10.2. The molecule has 1 fully saturated rings. The van der Waals surface area contributed by atoms with Crippen LogP contribution in [0.4, 0.5) is 17.1 Å². The average molecular weight is 285 g/mol.